The van der Waals surface area contributed by atoms with E-state index in [9.17, 15) is 14.7 Å². The van der Waals surface area contributed by atoms with Crippen molar-refractivity contribution in [3.05, 3.63) is 27.8 Å². The molecule has 1 fully saturated rings. The highest BCUT2D eigenvalue weighted by Crippen LogP contribution is 2.31. The Kier molecular flexibility index (Phi) is 4.79. The van der Waals surface area contributed by atoms with Gasteiger partial charge >= 0.3 is 5.97 Å². The molecule has 0 unspecified atom stereocenters. The molecule has 1 aromatic carbocycles. The van der Waals surface area contributed by atoms with Crippen LogP contribution in [0.4, 0.5) is 5.69 Å². The van der Waals surface area contributed by atoms with Gasteiger partial charge in [-0.1, -0.05) is 25.0 Å². The van der Waals surface area contributed by atoms with Crippen LogP contribution in [0.2, 0.25) is 0 Å². The highest BCUT2D eigenvalue weighted by atomic mass is 127. The zero-order chi connectivity index (χ0) is 13.8. The van der Waals surface area contributed by atoms with Gasteiger partial charge in [0.2, 0.25) is 5.91 Å². The van der Waals surface area contributed by atoms with Gasteiger partial charge in [0.05, 0.1) is 17.5 Å². The largest absolute Gasteiger partial charge is 0.481 e. The summed E-state index contributed by atoms with van der Waals surface area (Å²) in [7, 11) is 0. The third-order valence-electron chi connectivity index (χ3n) is 3.55. The van der Waals surface area contributed by atoms with E-state index in [1.807, 2.05) is 24.3 Å². The van der Waals surface area contributed by atoms with E-state index < -0.39 is 17.8 Å². The molecule has 0 aliphatic heterocycles. The van der Waals surface area contributed by atoms with Gasteiger partial charge in [0.25, 0.3) is 0 Å². The molecule has 1 aliphatic rings. The lowest BCUT2D eigenvalue weighted by Gasteiger charge is -2.27. The quantitative estimate of drug-likeness (QED) is 0.801. The van der Waals surface area contributed by atoms with Gasteiger partial charge < -0.3 is 10.4 Å². The lowest BCUT2D eigenvalue weighted by molar-refractivity contribution is -0.147. The molecule has 1 aliphatic carbocycles. The van der Waals surface area contributed by atoms with Crippen molar-refractivity contribution in [1.29, 1.82) is 0 Å². The first-order valence-corrected chi connectivity index (χ1v) is 7.45. The van der Waals surface area contributed by atoms with Crippen molar-refractivity contribution >= 4 is 40.2 Å². The summed E-state index contributed by atoms with van der Waals surface area (Å²) < 4.78 is 0.955. The molecule has 2 rings (SSSR count). The van der Waals surface area contributed by atoms with E-state index in [1.165, 1.54) is 0 Å². The molecule has 2 atom stereocenters. The smallest absolute Gasteiger partial charge is 0.307 e. The second-order valence-corrected chi connectivity index (χ2v) is 5.97. The van der Waals surface area contributed by atoms with Gasteiger partial charge in [0.15, 0.2) is 0 Å². The normalized spacial score (nSPS) is 22.8. The first-order chi connectivity index (χ1) is 9.09. The standard InChI is InChI=1S/C14H16INO3/c15-11-7-3-4-8-12(11)16-13(17)9-5-1-2-6-10(9)14(18)19/h3-4,7-10H,1-2,5-6H2,(H,16,17)(H,18,19)/t9-,10-/m1/s1. The molecular weight excluding hydrogens is 357 g/mol. The van der Waals surface area contributed by atoms with Gasteiger partial charge in [-0.3, -0.25) is 9.59 Å². The molecule has 102 valence electrons. The molecule has 0 bridgehead atoms. The summed E-state index contributed by atoms with van der Waals surface area (Å²) in [5.74, 6) is -1.99. The fourth-order valence-electron chi connectivity index (χ4n) is 2.53. The number of carbonyl (C=O) groups is 2. The summed E-state index contributed by atoms with van der Waals surface area (Å²) in [6.45, 7) is 0. The Balaban J connectivity index is 2.10. The van der Waals surface area contributed by atoms with E-state index in [0.29, 0.717) is 12.8 Å². The predicted octanol–water partition coefficient (Wildman–Crippen LogP) is 3.12. The molecule has 0 heterocycles. The summed E-state index contributed by atoms with van der Waals surface area (Å²) in [6, 6.07) is 7.50. The van der Waals surface area contributed by atoms with E-state index in [2.05, 4.69) is 27.9 Å². The molecule has 5 heteroatoms. The van der Waals surface area contributed by atoms with Crippen LogP contribution in [0.15, 0.2) is 24.3 Å². The second-order valence-electron chi connectivity index (χ2n) is 4.80. The van der Waals surface area contributed by atoms with Crippen molar-refractivity contribution in [2.75, 3.05) is 5.32 Å². The van der Waals surface area contributed by atoms with Crippen LogP contribution < -0.4 is 5.32 Å². The Labute approximate surface area is 125 Å². The maximum absolute atomic E-state index is 12.3. The van der Waals surface area contributed by atoms with Crippen molar-refractivity contribution in [3.8, 4) is 0 Å². The highest BCUT2D eigenvalue weighted by Gasteiger charge is 2.35. The summed E-state index contributed by atoms with van der Waals surface area (Å²) in [5, 5.41) is 12.1. The first kappa shape index (κ1) is 14.3. The van der Waals surface area contributed by atoms with E-state index in [1.54, 1.807) is 0 Å². The van der Waals surface area contributed by atoms with Crippen LogP contribution in [0, 0.1) is 15.4 Å². The van der Waals surface area contributed by atoms with Gasteiger partial charge in [-0.25, -0.2) is 0 Å². The Morgan fingerprint density at radius 2 is 1.79 bits per heavy atom. The Hall–Kier alpha value is -1.11. The molecule has 19 heavy (non-hydrogen) atoms. The van der Waals surface area contributed by atoms with Crippen LogP contribution in [0.1, 0.15) is 25.7 Å². The topological polar surface area (TPSA) is 66.4 Å². The number of carboxylic acid groups (broad SMARTS) is 1. The molecule has 1 aromatic rings. The Morgan fingerprint density at radius 1 is 1.16 bits per heavy atom. The molecule has 0 radical (unpaired) electrons. The third-order valence-corrected chi connectivity index (χ3v) is 4.49. The van der Waals surface area contributed by atoms with Crippen molar-refractivity contribution in [1.82, 2.24) is 0 Å². The monoisotopic (exact) mass is 373 g/mol. The Bertz CT molecular complexity index is 489. The van der Waals surface area contributed by atoms with Crippen LogP contribution in [-0.4, -0.2) is 17.0 Å². The predicted molar refractivity (Wildman–Crippen MR) is 80.9 cm³/mol. The molecule has 1 amide bonds. The molecule has 0 aromatic heterocycles. The summed E-state index contributed by atoms with van der Waals surface area (Å²) >= 11 is 2.15. The fourth-order valence-corrected chi connectivity index (χ4v) is 3.05. The van der Waals surface area contributed by atoms with Gasteiger partial charge in [-0.15, -0.1) is 0 Å². The molecule has 0 saturated heterocycles. The van der Waals surface area contributed by atoms with Crippen molar-refractivity contribution in [2.45, 2.75) is 25.7 Å². The van der Waals surface area contributed by atoms with Gasteiger partial charge in [0.1, 0.15) is 0 Å². The average molecular weight is 373 g/mol. The van der Waals surface area contributed by atoms with Crippen LogP contribution in [-0.2, 0) is 9.59 Å². The third kappa shape index (κ3) is 3.46. The average Bonchev–Trinajstić information content (AvgIpc) is 2.41. The lowest BCUT2D eigenvalue weighted by Crippen LogP contribution is -2.36. The Morgan fingerprint density at radius 3 is 2.42 bits per heavy atom. The van der Waals surface area contributed by atoms with E-state index in [4.69, 9.17) is 0 Å². The lowest BCUT2D eigenvalue weighted by atomic mass is 9.78. The van der Waals surface area contributed by atoms with Gasteiger partial charge in [-0.05, 0) is 47.6 Å². The number of carboxylic acids is 1. The molecule has 1 saturated carbocycles. The zero-order valence-corrected chi connectivity index (χ0v) is 12.6. The SMILES string of the molecule is O=C(O)[C@@H]1CCCC[C@H]1C(=O)Nc1ccccc1I. The van der Waals surface area contributed by atoms with Crippen LogP contribution in [0.25, 0.3) is 0 Å². The number of hydrogen-bond donors (Lipinski definition) is 2. The van der Waals surface area contributed by atoms with Crippen molar-refractivity contribution in [3.63, 3.8) is 0 Å². The summed E-state index contributed by atoms with van der Waals surface area (Å²) in [4.78, 5) is 23.5. The van der Waals surface area contributed by atoms with E-state index in [0.717, 1.165) is 22.1 Å². The van der Waals surface area contributed by atoms with Gasteiger partial charge in [-0.2, -0.15) is 0 Å². The number of carbonyl (C=O) groups excluding carboxylic acids is 1. The van der Waals surface area contributed by atoms with Crippen molar-refractivity contribution in [2.24, 2.45) is 11.8 Å². The number of benzene rings is 1. The maximum atomic E-state index is 12.3. The van der Waals surface area contributed by atoms with Crippen LogP contribution in [0.3, 0.4) is 0 Å². The number of halogens is 1. The number of rotatable bonds is 3. The molecule has 0 spiro atoms. The van der Waals surface area contributed by atoms with Crippen LogP contribution >= 0.6 is 22.6 Å². The maximum Gasteiger partial charge on any atom is 0.307 e. The fraction of sp³-hybridized carbons (Fsp3) is 0.429. The number of anilines is 1. The number of amides is 1. The number of nitrogens with one attached hydrogen (secondary N) is 1. The highest BCUT2D eigenvalue weighted by molar-refractivity contribution is 14.1. The molecular formula is C14H16INO3. The minimum absolute atomic E-state index is 0.170. The number of para-hydroxylation sites is 1. The molecule has 2 N–H and O–H groups in total. The van der Waals surface area contributed by atoms with E-state index >= 15 is 0 Å². The molecule has 4 nitrogen and oxygen atoms in total. The summed E-state index contributed by atoms with van der Waals surface area (Å²) in [6.07, 6.45) is 3.07. The summed E-state index contributed by atoms with van der Waals surface area (Å²) in [5.41, 5.74) is 0.753. The number of hydrogen-bond acceptors (Lipinski definition) is 2. The minimum atomic E-state index is -0.859. The second kappa shape index (κ2) is 6.36. The van der Waals surface area contributed by atoms with Crippen LogP contribution in [0.5, 0.6) is 0 Å². The minimum Gasteiger partial charge on any atom is -0.481 e. The zero-order valence-electron chi connectivity index (χ0n) is 10.4. The van der Waals surface area contributed by atoms with Gasteiger partial charge in [0, 0.05) is 3.57 Å². The first-order valence-electron chi connectivity index (χ1n) is 6.38. The van der Waals surface area contributed by atoms with Crippen molar-refractivity contribution < 1.29 is 14.7 Å². The number of aliphatic carboxylic acids is 1. The van der Waals surface area contributed by atoms with E-state index in [-0.39, 0.29) is 5.91 Å².